The molecule has 134 valence electrons. The highest BCUT2D eigenvalue weighted by Gasteiger charge is 2.13. The molecule has 1 aromatic heterocycles. The zero-order valence-corrected chi connectivity index (χ0v) is 15.1. The Morgan fingerprint density at radius 2 is 1.69 bits per heavy atom. The highest BCUT2D eigenvalue weighted by molar-refractivity contribution is 5.78. The summed E-state index contributed by atoms with van der Waals surface area (Å²) in [6.45, 7) is 6.36. The summed E-state index contributed by atoms with van der Waals surface area (Å²) in [6, 6.07) is 16.9. The highest BCUT2D eigenvalue weighted by Crippen LogP contribution is 2.31. The lowest BCUT2D eigenvalue weighted by Gasteiger charge is -2.24. The van der Waals surface area contributed by atoms with E-state index in [1.807, 2.05) is 18.3 Å². The maximum Gasteiger partial charge on any atom is 0.161 e. The Morgan fingerprint density at radius 1 is 0.923 bits per heavy atom. The summed E-state index contributed by atoms with van der Waals surface area (Å²) in [5.74, 6) is 1.71. The van der Waals surface area contributed by atoms with Crippen molar-refractivity contribution < 1.29 is 9.47 Å². The maximum absolute atomic E-state index is 5.72. The predicted molar refractivity (Wildman–Crippen MR) is 104 cm³/mol. The van der Waals surface area contributed by atoms with Gasteiger partial charge in [0.1, 0.15) is 13.2 Å². The van der Waals surface area contributed by atoms with Crippen LogP contribution in [0.25, 0.3) is 10.9 Å². The summed E-state index contributed by atoms with van der Waals surface area (Å²) in [5.41, 5.74) is 3.62. The molecule has 26 heavy (non-hydrogen) atoms. The average Bonchev–Trinajstić information content (AvgIpc) is 2.68. The number of nitrogens with zero attached hydrogens (tertiary/aromatic N) is 2. The van der Waals surface area contributed by atoms with Crippen LogP contribution in [0.15, 0.2) is 54.7 Å². The molecule has 0 N–H and O–H groups in total. The van der Waals surface area contributed by atoms with Crippen molar-refractivity contribution in [1.29, 1.82) is 0 Å². The largest absolute Gasteiger partial charge is 0.486 e. The van der Waals surface area contributed by atoms with Crippen molar-refractivity contribution in [3.63, 3.8) is 0 Å². The summed E-state index contributed by atoms with van der Waals surface area (Å²) in [5, 5.41) is 1.20. The molecule has 0 saturated heterocycles. The number of ether oxygens (including phenoxy) is 2. The zero-order chi connectivity index (χ0) is 17.8. The van der Waals surface area contributed by atoms with E-state index in [1.54, 1.807) is 0 Å². The van der Waals surface area contributed by atoms with Gasteiger partial charge in [0.2, 0.25) is 0 Å². The van der Waals surface area contributed by atoms with Gasteiger partial charge in [-0.2, -0.15) is 0 Å². The smallest absolute Gasteiger partial charge is 0.161 e. The van der Waals surface area contributed by atoms with E-state index in [0.717, 1.165) is 43.1 Å². The third-order valence-corrected chi connectivity index (χ3v) is 4.63. The van der Waals surface area contributed by atoms with Crippen molar-refractivity contribution in [2.24, 2.45) is 0 Å². The van der Waals surface area contributed by atoms with Gasteiger partial charge in [0, 0.05) is 24.7 Å². The van der Waals surface area contributed by atoms with Crippen molar-refractivity contribution in [3.8, 4) is 11.5 Å². The first-order valence-electron chi connectivity index (χ1n) is 9.26. The Morgan fingerprint density at radius 3 is 2.54 bits per heavy atom. The summed E-state index contributed by atoms with van der Waals surface area (Å²) < 4.78 is 11.3. The van der Waals surface area contributed by atoms with Gasteiger partial charge in [0.05, 0.1) is 5.52 Å². The molecular formula is C22H24N2O2. The van der Waals surface area contributed by atoms with Gasteiger partial charge in [0.15, 0.2) is 11.5 Å². The SMILES string of the molecule is CCCN(Cc1ccc2c(c1)OCCO2)Cc1ccc2ncccc2c1. The lowest BCUT2D eigenvalue weighted by Crippen LogP contribution is -2.24. The van der Waals surface area contributed by atoms with Crippen LogP contribution >= 0.6 is 0 Å². The van der Waals surface area contributed by atoms with E-state index >= 15 is 0 Å². The highest BCUT2D eigenvalue weighted by atomic mass is 16.6. The third-order valence-electron chi connectivity index (χ3n) is 4.63. The van der Waals surface area contributed by atoms with E-state index in [-0.39, 0.29) is 0 Å². The molecule has 0 fully saturated rings. The molecule has 3 aromatic rings. The predicted octanol–water partition coefficient (Wildman–Crippen LogP) is 4.42. The Bertz CT molecular complexity index is 894. The van der Waals surface area contributed by atoms with Crippen LogP contribution in [-0.4, -0.2) is 29.6 Å². The fraction of sp³-hybridized carbons (Fsp3) is 0.318. The fourth-order valence-electron chi connectivity index (χ4n) is 3.46. The van der Waals surface area contributed by atoms with Crippen molar-refractivity contribution >= 4 is 10.9 Å². The summed E-state index contributed by atoms with van der Waals surface area (Å²) in [7, 11) is 0. The van der Waals surface area contributed by atoms with Crippen LogP contribution in [0, 0.1) is 0 Å². The number of benzene rings is 2. The van der Waals surface area contributed by atoms with Crippen molar-refractivity contribution in [2.45, 2.75) is 26.4 Å². The van der Waals surface area contributed by atoms with E-state index < -0.39 is 0 Å². The van der Waals surface area contributed by atoms with Crippen LogP contribution in [0.3, 0.4) is 0 Å². The maximum atomic E-state index is 5.72. The second-order valence-electron chi connectivity index (χ2n) is 6.72. The topological polar surface area (TPSA) is 34.6 Å². The number of hydrogen-bond donors (Lipinski definition) is 0. The van der Waals surface area contributed by atoms with Crippen LogP contribution in [0.5, 0.6) is 11.5 Å². The van der Waals surface area contributed by atoms with E-state index in [2.05, 4.69) is 53.2 Å². The first kappa shape index (κ1) is 16.9. The van der Waals surface area contributed by atoms with Crippen LogP contribution in [-0.2, 0) is 13.1 Å². The van der Waals surface area contributed by atoms with Crippen LogP contribution < -0.4 is 9.47 Å². The Balaban J connectivity index is 1.51. The van der Waals surface area contributed by atoms with Gasteiger partial charge in [-0.15, -0.1) is 0 Å². The van der Waals surface area contributed by atoms with Gasteiger partial charge in [-0.1, -0.05) is 25.1 Å². The molecule has 0 atom stereocenters. The monoisotopic (exact) mass is 348 g/mol. The molecular weight excluding hydrogens is 324 g/mol. The minimum Gasteiger partial charge on any atom is -0.486 e. The summed E-state index contributed by atoms with van der Waals surface area (Å²) >= 11 is 0. The molecule has 1 aliphatic rings. The van der Waals surface area contributed by atoms with Gasteiger partial charge in [-0.25, -0.2) is 0 Å². The molecule has 0 aliphatic carbocycles. The minimum atomic E-state index is 0.625. The quantitative estimate of drug-likeness (QED) is 0.660. The van der Waals surface area contributed by atoms with Crippen LogP contribution in [0.2, 0.25) is 0 Å². The molecule has 0 spiro atoms. The van der Waals surface area contributed by atoms with Crippen LogP contribution in [0.1, 0.15) is 24.5 Å². The molecule has 0 amide bonds. The van der Waals surface area contributed by atoms with Crippen molar-refractivity contribution in [2.75, 3.05) is 19.8 Å². The Kier molecular flexibility index (Phi) is 5.02. The molecule has 0 saturated carbocycles. The lowest BCUT2D eigenvalue weighted by molar-refractivity contribution is 0.171. The van der Waals surface area contributed by atoms with Crippen molar-refractivity contribution in [3.05, 3.63) is 65.9 Å². The molecule has 4 heteroatoms. The van der Waals surface area contributed by atoms with E-state index in [1.165, 1.54) is 16.5 Å². The summed E-state index contributed by atoms with van der Waals surface area (Å²) in [6.07, 6.45) is 2.97. The van der Waals surface area contributed by atoms with E-state index in [4.69, 9.17) is 9.47 Å². The van der Waals surface area contributed by atoms with Gasteiger partial charge in [-0.05, 0) is 54.4 Å². The number of pyridine rings is 1. The molecule has 1 aliphatic heterocycles. The minimum absolute atomic E-state index is 0.625. The van der Waals surface area contributed by atoms with Gasteiger partial charge >= 0.3 is 0 Å². The van der Waals surface area contributed by atoms with Gasteiger partial charge in [-0.3, -0.25) is 9.88 Å². The number of fused-ring (bicyclic) bond motifs is 2. The van der Waals surface area contributed by atoms with E-state index in [0.29, 0.717) is 13.2 Å². The average molecular weight is 348 g/mol. The first-order valence-corrected chi connectivity index (χ1v) is 9.26. The summed E-state index contributed by atoms with van der Waals surface area (Å²) in [4.78, 5) is 6.88. The molecule has 0 unspecified atom stereocenters. The second kappa shape index (κ2) is 7.75. The molecule has 2 aromatic carbocycles. The molecule has 0 bridgehead atoms. The fourth-order valence-corrected chi connectivity index (χ4v) is 3.46. The third kappa shape index (κ3) is 3.81. The number of rotatable bonds is 6. The molecule has 0 radical (unpaired) electrons. The van der Waals surface area contributed by atoms with E-state index in [9.17, 15) is 0 Å². The lowest BCUT2D eigenvalue weighted by atomic mass is 10.1. The zero-order valence-electron chi connectivity index (χ0n) is 15.1. The normalized spacial score (nSPS) is 13.3. The molecule has 4 rings (SSSR count). The Hall–Kier alpha value is -2.59. The van der Waals surface area contributed by atoms with Crippen LogP contribution in [0.4, 0.5) is 0 Å². The standard InChI is InChI=1S/C22H24N2O2/c1-2-10-24(15-17-5-7-20-19(13-17)4-3-9-23-20)16-18-6-8-21-22(14-18)26-12-11-25-21/h3-9,13-14H,2,10-12,15-16H2,1H3. The number of aromatic nitrogens is 1. The second-order valence-corrected chi connectivity index (χ2v) is 6.72. The Labute approximate surface area is 154 Å². The number of hydrogen-bond acceptors (Lipinski definition) is 4. The molecule has 4 nitrogen and oxygen atoms in total. The van der Waals surface area contributed by atoms with Crippen molar-refractivity contribution in [1.82, 2.24) is 9.88 Å². The first-order chi connectivity index (χ1) is 12.8. The van der Waals surface area contributed by atoms with Gasteiger partial charge in [0.25, 0.3) is 0 Å². The van der Waals surface area contributed by atoms with Gasteiger partial charge < -0.3 is 9.47 Å². The molecule has 2 heterocycles.